The number of ether oxygens (including phenoxy) is 1. The number of nitrogens with one attached hydrogen (secondary N) is 1. The number of anilines is 1. The molecule has 0 aliphatic rings. The Balaban J connectivity index is 1.95. The Labute approximate surface area is 129 Å². The van der Waals surface area contributed by atoms with E-state index in [2.05, 4.69) is 21.2 Å². The highest BCUT2D eigenvalue weighted by molar-refractivity contribution is 9.10. The largest absolute Gasteiger partial charge is 0.492 e. The van der Waals surface area contributed by atoms with E-state index in [4.69, 9.17) is 4.74 Å². The van der Waals surface area contributed by atoms with Gasteiger partial charge in [-0.15, -0.1) is 0 Å². The molecule has 0 aliphatic heterocycles. The summed E-state index contributed by atoms with van der Waals surface area (Å²) < 4.78 is 44.6. The van der Waals surface area contributed by atoms with Crippen LogP contribution in [-0.2, 0) is 6.18 Å². The lowest BCUT2D eigenvalue weighted by Crippen LogP contribution is -2.15. The summed E-state index contributed by atoms with van der Waals surface area (Å²) in [6.45, 7) is 0.544. The van der Waals surface area contributed by atoms with Crippen LogP contribution in [-0.4, -0.2) is 13.2 Å². The number of alkyl halides is 3. The molecule has 0 amide bonds. The fraction of sp³-hybridized carbons (Fsp3) is 0.200. The van der Waals surface area contributed by atoms with Gasteiger partial charge in [0.25, 0.3) is 0 Å². The molecule has 0 atom stereocenters. The molecule has 1 N–H and O–H groups in total. The molecule has 0 saturated heterocycles. The summed E-state index contributed by atoms with van der Waals surface area (Å²) in [5, 5.41) is 2.76. The first-order valence-corrected chi connectivity index (χ1v) is 7.04. The van der Waals surface area contributed by atoms with Crippen LogP contribution in [0.1, 0.15) is 5.56 Å². The Bertz CT molecular complexity index is 587. The quantitative estimate of drug-likeness (QED) is 0.761. The maximum atomic E-state index is 12.9. The van der Waals surface area contributed by atoms with Crippen molar-refractivity contribution in [3.63, 3.8) is 0 Å². The number of hydrogen-bond donors (Lipinski definition) is 1. The van der Waals surface area contributed by atoms with Gasteiger partial charge in [0.05, 0.1) is 5.56 Å². The minimum absolute atomic E-state index is 0.0357. The van der Waals surface area contributed by atoms with Crippen LogP contribution in [0.5, 0.6) is 5.75 Å². The Morgan fingerprint density at radius 3 is 2.43 bits per heavy atom. The zero-order valence-electron chi connectivity index (χ0n) is 11.0. The normalized spacial score (nSPS) is 11.2. The van der Waals surface area contributed by atoms with Gasteiger partial charge in [-0.1, -0.05) is 34.1 Å². The van der Waals surface area contributed by atoms with Crippen molar-refractivity contribution in [3.05, 3.63) is 58.6 Å². The summed E-state index contributed by atoms with van der Waals surface area (Å²) in [5.41, 5.74) is -0.654. The lowest BCUT2D eigenvalue weighted by molar-refractivity contribution is -0.137. The van der Waals surface area contributed by atoms with Crippen LogP contribution in [0.15, 0.2) is 53.0 Å². The highest BCUT2D eigenvalue weighted by Crippen LogP contribution is 2.36. The molecule has 2 nitrogen and oxygen atoms in total. The van der Waals surface area contributed by atoms with E-state index in [1.165, 1.54) is 12.1 Å². The summed E-state index contributed by atoms with van der Waals surface area (Å²) >= 11 is 3.17. The molecule has 2 rings (SSSR count). The summed E-state index contributed by atoms with van der Waals surface area (Å²) in [7, 11) is 0. The maximum absolute atomic E-state index is 12.9. The summed E-state index contributed by atoms with van der Waals surface area (Å²) in [4.78, 5) is 0. The zero-order chi connectivity index (χ0) is 15.3. The van der Waals surface area contributed by atoms with Gasteiger partial charge in [-0.25, -0.2) is 0 Å². The average molecular weight is 360 g/mol. The highest BCUT2D eigenvalue weighted by atomic mass is 79.9. The molecule has 0 heterocycles. The van der Waals surface area contributed by atoms with Gasteiger partial charge >= 0.3 is 6.18 Å². The van der Waals surface area contributed by atoms with Gasteiger partial charge in [-0.3, -0.25) is 0 Å². The zero-order valence-corrected chi connectivity index (χ0v) is 12.5. The third-order valence-electron chi connectivity index (χ3n) is 2.72. The van der Waals surface area contributed by atoms with E-state index >= 15 is 0 Å². The molecule has 2 aromatic rings. The minimum atomic E-state index is -4.39. The first-order chi connectivity index (χ1) is 9.97. The molecule has 0 aromatic heterocycles. The van der Waals surface area contributed by atoms with E-state index in [1.54, 1.807) is 12.1 Å². The molecule has 0 fully saturated rings. The molecule has 0 bridgehead atoms. The standard InChI is InChI=1S/C15H13BrF3NO/c16-11-6-7-13(15(17,18)19)14(10-11)20-8-9-21-12-4-2-1-3-5-12/h1-7,10,20H,8-9H2. The van der Waals surface area contributed by atoms with Gasteiger partial charge in [0.1, 0.15) is 12.4 Å². The smallest absolute Gasteiger partial charge is 0.418 e. The Hall–Kier alpha value is -1.69. The molecule has 0 spiro atoms. The fourth-order valence-corrected chi connectivity index (χ4v) is 2.14. The van der Waals surface area contributed by atoms with Crippen molar-refractivity contribution in [1.82, 2.24) is 0 Å². The Morgan fingerprint density at radius 1 is 1.05 bits per heavy atom. The van der Waals surface area contributed by atoms with Gasteiger partial charge in [0.2, 0.25) is 0 Å². The second-order valence-electron chi connectivity index (χ2n) is 4.28. The van der Waals surface area contributed by atoms with Crippen molar-refractivity contribution in [2.24, 2.45) is 0 Å². The molecular weight excluding hydrogens is 347 g/mol. The average Bonchev–Trinajstić information content (AvgIpc) is 2.43. The third kappa shape index (κ3) is 4.67. The number of halogens is 4. The second-order valence-corrected chi connectivity index (χ2v) is 5.19. The molecule has 0 aliphatic carbocycles. The van der Waals surface area contributed by atoms with E-state index < -0.39 is 11.7 Å². The molecule has 21 heavy (non-hydrogen) atoms. The molecule has 2 aromatic carbocycles. The first kappa shape index (κ1) is 15.7. The maximum Gasteiger partial charge on any atom is 0.418 e. The van der Waals surface area contributed by atoms with Crippen molar-refractivity contribution < 1.29 is 17.9 Å². The van der Waals surface area contributed by atoms with Gasteiger partial charge < -0.3 is 10.1 Å². The first-order valence-electron chi connectivity index (χ1n) is 6.25. The molecule has 0 radical (unpaired) electrons. The van der Waals surface area contributed by atoms with Crippen molar-refractivity contribution in [3.8, 4) is 5.75 Å². The van der Waals surface area contributed by atoms with E-state index in [0.29, 0.717) is 10.2 Å². The van der Waals surface area contributed by atoms with Gasteiger partial charge in [-0.2, -0.15) is 13.2 Å². The third-order valence-corrected chi connectivity index (χ3v) is 3.21. The molecule has 112 valence electrons. The van der Waals surface area contributed by atoms with Crippen molar-refractivity contribution in [2.45, 2.75) is 6.18 Å². The lowest BCUT2D eigenvalue weighted by atomic mass is 10.1. The van der Waals surface area contributed by atoms with E-state index in [1.807, 2.05) is 18.2 Å². The number of benzene rings is 2. The number of hydrogen-bond acceptors (Lipinski definition) is 2. The topological polar surface area (TPSA) is 21.3 Å². The SMILES string of the molecule is FC(F)(F)c1ccc(Br)cc1NCCOc1ccccc1. The molecular formula is C15H13BrF3NO. The summed E-state index contributed by atoms with van der Waals surface area (Å²) in [6.07, 6.45) is -4.39. The van der Waals surface area contributed by atoms with Crippen molar-refractivity contribution >= 4 is 21.6 Å². The minimum Gasteiger partial charge on any atom is -0.492 e. The van der Waals surface area contributed by atoms with Gasteiger partial charge in [0, 0.05) is 16.7 Å². The van der Waals surface area contributed by atoms with Gasteiger partial charge in [0.15, 0.2) is 0 Å². The van der Waals surface area contributed by atoms with Crippen LogP contribution in [0.2, 0.25) is 0 Å². The summed E-state index contributed by atoms with van der Waals surface area (Å²) in [6, 6.07) is 12.9. The van der Waals surface area contributed by atoms with E-state index in [9.17, 15) is 13.2 Å². The van der Waals surface area contributed by atoms with Crippen LogP contribution in [0, 0.1) is 0 Å². The second kappa shape index (κ2) is 6.85. The number of rotatable bonds is 5. The Morgan fingerprint density at radius 2 is 1.76 bits per heavy atom. The van der Waals surface area contributed by atoms with Gasteiger partial charge in [-0.05, 0) is 30.3 Å². The highest BCUT2D eigenvalue weighted by Gasteiger charge is 2.33. The number of para-hydroxylation sites is 1. The molecule has 6 heteroatoms. The van der Waals surface area contributed by atoms with Crippen LogP contribution in [0.25, 0.3) is 0 Å². The predicted molar refractivity (Wildman–Crippen MR) is 79.6 cm³/mol. The predicted octanol–water partition coefficient (Wildman–Crippen LogP) is 4.96. The van der Waals surface area contributed by atoms with E-state index in [-0.39, 0.29) is 18.8 Å². The molecule has 0 unspecified atom stereocenters. The van der Waals surface area contributed by atoms with Crippen molar-refractivity contribution in [2.75, 3.05) is 18.5 Å². The lowest BCUT2D eigenvalue weighted by Gasteiger charge is -2.15. The fourth-order valence-electron chi connectivity index (χ4n) is 1.78. The van der Waals surface area contributed by atoms with E-state index in [0.717, 1.165) is 6.07 Å². The summed E-state index contributed by atoms with van der Waals surface area (Å²) in [5.74, 6) is 0.685. The van der Waals surface area contributed by atoms with Crippen LogP contribution in [0.3, 0.4) is 0 Å². The Kier molecular flexibility index (Phi) is 5.12. The van der Waals surface area contributed by atoms with Crippen molar-refractivity contribution in [1.29, 1.82) is 0 Å². The van der Waals surface area contributed by atoms with Crippen LogP contribution in [0.4, 0.5) is 18.9 Å². The van der Waals surface area contributed by atoms with Crippen LogP contribution < -0.4 is 10.1 Å². The monoisotopic (exact) mass is 359 g/mol. The van der Waals surface area contributed by atoms with Crippen LogP contribution >= 0.6 is 15.9 Å². The molecule has 0 saturated carbocycles.